The third-order valence-corrected chi connectivity index (χ3v) is 7.59. The van der Waals surface area contributed by atoms with Crippen LogP contribution in [-0.2, 0) is 19.6 Å². The van der Waals surface area contributed by atoms with Gasteiger partial charge >= 0.3 is 21.3 Å². The molecule has 4 saturated carbocycles. The molecule has 6 nitrogen and oxygen atoms in total. The molecule has 0 atom stereocenters. The highest BCUT2D eigenvalue weighted by Gasteiger charge is 2.56. The molecule has 28 heavy (non-hydrogen) atoms. The first-order chi connectivity index (χ1) is 13.0. The number of rotatable bonds is 7. The molecule has 4 rings (SSSR count). The van der Waals surface area contributed by atoms with E-state index in [4.69, 9.17) is 4.55 Å². The van der Waals surface area contributed by atoms with E-state index in [0.29, 0.717) is 37.0 Å². The number of hydrogen-bond acceptors (Lipinski definition) is 4. The lowest BCUT2D eigenvalue weighted by Crippen LogP contribution is -3.11. The van der Waals surface area contributed by atoms with Crippen LogP contribution in [0.4, 0.5) is 8.78 Å². The van der Waals surface area contributed by atoms with E-state index in [1.807, 2.05) is 0 Å². The first-order valence-electron chi connectivity index (χ1n) is 10.3. The lowest BCUT2D eigenvalue weighted by molar-refractivity contribution is -0.894. The van der Waals surface area contributed by atoms with E-state index < -0.39 is 33.4 Å². The van der Waals surface area contributed by atoms with Gasteiger partial charge in [0.15, 0.2) is 6.61 Å². The van der Waals surface area contributed by atoms with Crippen molar-refractivity contribution in [3.63, 3.8) is 0 Å². The smallest absolute Gasteiger partial charge is 0.402 e. The molecule has 0 aromatic rings. The second-order valence-corrected chi connectivity index (χ2v) is 10.2. The predicted molar refractivity (Wildman–Crippen MR) is 101 cm³/mol. The van der Waals surface area contributed by atoms with Gasteiger partial charge in [-0.25, -0.2) is 0 Å². The van der Waals surface area contributed by atoms with Gasteiger partial charge in [0.25, 0.3) is 0 Å². The number of halogens is 2. The maximum atomic E-state index is 13.1. The highest BCUT2D eigenvalue weighted by Crippen LogP contribution is 2.60. The lowest BCUT2D eigenvalue weighted by atomic mass is 9.49. The second-order valence-electron chi connectivity index (χ2n) is 8.70. The van der Waals surface area contributed by atoms with Crippen molar-refractivity contribution in [3.05, 3.63) is 0 Å². The predicted octanol–water partition coefficient (Wildman–Crippen LogP) is 2.16. The Kier molecular flexibility index (Phi) is 7.48. The molecule has 0 unspecified atom stereocenters. The number of ether oxygens (including phenoxy) is 1. The zero-order valence-electron chi connectivity index (χ0n) is 17.0. The molecule has 0 aromatic heterocycles. The van der Waals surface area contributed by atoms with Gasteiger partial charge in [-0.1, -0.05) is 0 Å². The van der Waals surface area contributed by atoms with Gasteiger partial charge in [-0.05, 0) is 77.0 Å². The highest BCUT2D eigenvalue weighted by molar-refractivity contribution is 7.86. The normalized spacial score (nSPS) is 31.5. The average molecular weight is 427 g/mol. The Bertz CT molecular complexity index is 608. The number of nitrogens with one attached hydrogen (secondary N) is 1. The maximum Gasteiger partial charge on any atom is 0.402 e. The zero-order valence-corrected chi connectivity index (χ0v) is 17.9. The Hall–Kier alpha value is -0.800. The Morgan fingerprint density at radius 3 is 1.71 bits per heavy atom. The summed E-state index contributed by atoms with van der Waals surface area (Å²) in [6, 6.07) is 0. The van der Waals surface area contributed by atoms with Crippen LogP contribution in [0.1, 0.15) is 59.3 Å². The molecule has 0 aliphatic heterocycles. The summed E-state index contributed by atoms with van der Waals surface area (Å²) < 4.78 is 60.4. The molecule has 0 amide bonds. The van der Waals surface area contributed by atoms with Gasteiger partial charge in [0.1, 0.15) is 0 Å². The lowest BCUT2D eigenvalue weighted by Gasteiger charge is -2.55. The summed E-state index contributed by atoms with van der Waals surface area (Å²) in [7, 11) is -5.56. The van der Waals surface area contributed by atoms with Crippen molar-refractivity contribution in [3.8, 4) is 0 Å². The molecule has 164 valence electrons. The molecular formula is C19H34F2NO5S+. The molecule has 0 saturated heterocycles. The SMILES string of the molecule is CC[NH+](CC)CC.O=C(OCC(F)(F)S(=O)(=O)O)C12CC3CC(CC(C3)C1)C2. The summed E-state index contributed by atoms with van der Waals surface area (Å²) in [5.74, 6) is 0.618. The molecule has 0 aromatic carbocycles. The quantitative estimate of drug-likeness (QED) is 0.481. The summed E-state index contributed by atoms with van der Waals surface area (Å²) in [6.45, 7) is 8.87. The van der Waals surface area contributed by atoms with Crippen molar-refractivity contribution in [1.82, 2.24) is 0 Å². The van der Waals surface area contributed by atoms with Gasteiger partial charge in [0.2, 0.25) is 0 Å². The summed E-state index contributed by atoms with van der Waals surface area (Å²) in [5, 5.41) is -4.45. The van der Waals surface area contributed by atoms with E-state index >= 15 is 0 Å². The molecule has 4 bridgehead atoms. The van der Waals surface area contributed by atoms with Crippen molar-refractivity contribution < 1.29 is 36.2 Å². The maximum absolute atomic E-state index is 13.1. The van der Waals surface area contributed by atoms with Crippen LogP contribution in [-0.4, -0.2) is 50.4 Å². The third-order valence-electron chi connectivity index (χ3n) is 6.72. The van der Waals surface area contributed by atoms with Crippen LogP contribution in [0.5, 0.6) is 0 Å². The van der Waals surface area contributed by atoms with Crippen LogP contribution in [0.2, 0.25) is 0 Å². The molecule has 2 N–H and O–H groups in total. The van der Waals surface area contributed by atoms with Crippen molar-refractivity contribution in [1.29, 1.82) is 0 Å². The molecule has 4 aliphatic rings. The van der Waals surface area contributed by atoms with Crippen LogP contribution < -0.4 is 4.90 Å². The Labute approximate surface area is 166 Å². The van der Waals surface area contributed by atoms with Gasteiger partial charge in [-0.2, -0.15) is 17.2 Å². The van der Waals surface area contributed by atoms with Crippen molar-refractivity contribution >= 4 is 16.1 Å². The first kappa shape index (κ1) is 23.5. The molecule has 0 heterocycles. The molecule has 9 heteroatoms. The van der Waals surface area contributed by atoms with Gasteiger partial charge in [-0.3, -0.25) is 9.35 Å². The minimum atomic E-state index is -5.56. The Morgan fingerprint density at radius 2 is 1.43 bits per heavy atom. The number of alkyl halides is 2. The largest absolute Gasteiger partial charge is 0.458 e. The summed E-state index contributed by atoms with van der Waals surface area (Å²) in [6.07, 6.45) is 5.22. The minimum Gasteiger partial charge on any atom is -0.458 e. The molecule has 0 radical (unpaired) electrons. The van der Waals surface area contributed by atoms with Gasteiger partial charge in [0, 0.05) is 0 Å². The topological polar surface area (TPSA) is 85.1 Å². The van der Waals surface area contributed by atoms with Crippen LogP contribution in [0.3, 0.4) is 0 Å². The third kappa shape index (κ3) is 5.21. The van der Waals surface area contributed by atoms with E-state index in [2.05, 4.69) is 25.5 Å². The van der Waals surface area contributed by atoms with Gasteiger partial charge in [0.05, 0.1) is 25.0 Å². The molecular weight excluding hydrogens is 392 g/mol. The fourth-order valence-corrected chi connectivity index (χ4v) is 5.70. The average Bonchev–Trinajstić information content (AvgIpc) is 2.59. The van der Waals surface area contributed by atoms with Crippen LogP contribution in [0, 0.1) is 23.2 Å². The van der Waals surface area contributed by atoms with Crippen molar-refractivity contribution in [2.45, 2.75) is 64.6 Å². The second kappa shape index (κ2) is 8.92. The molecule has 0 spiro atoms. The number of esters is 1. The summed E-state index contributed by atoms with van der Waals surface area (Å²) >= 11 is 0. The van der Waals surface area contributed by atoms with Crippen LogP contribution in [0.15, 0.2) is 0 Å². The fraction of sp³-hybridized carbons (Fsp3) is 0.947. The molecule has 4 aliphatic carbocycles. The first-order valence-corrected chi connectivity index (χ1v) is 11.8. The van der Waals surface area contributed by atoms with Crippen molar-refractivity contribution in [2.24, 2.45) is 23.2 Å². The van der Waals surface area contributed by atoms with E-state index in [-0.39, 0.29) is 0 Å². The number of hydrogen-bond donors (Lipinski definition) is 2. The summed E-state index contributed by atoms with van der Waals surface area (Å²) in [4.78, 5) is 13.9. The van der Waals surface area contributed by atoms with Gasteiger partial charge < -0.3 is 9.64 Å². The Morgan fingerprint density at radius 1 is 1.04 bits per heavy atom. The van der Waals surface area contributed by atoms with E-state index in [9.17, 15) is 22.0 Å². The van der Waals surface area contributed by atoms with E-state index in [1.54, 1.807) is 4.90 Å². The Balaban J connectivity index is 0.000000345. The van der Waals surface area contributed by atoms with Gasteiger partial charge in [-0.15, -0.1) is 0 Å². The van der Waals surface area contributed by atoms with Crippen LogP contribution >= 0.6 is 0 Å². The zero-order chi connectivity index (χ0) is 21.2. The number of carbonyl (C=O) groups excluding carboxylic acids is 1. The summed E-state index contributed by atoms with van der Waals surface area (Å²) in [5.41, 5.74) is -0.718. The van der Waals surface area contributed by atoms with E-state index in [1.165, 1.54) is 19.6 Å². The fourth-order valence-electron chi connectivity index (χ4n) is 5.49. The highest BCUT2D eigenvalue weighted by atomic mass is 32.2. The number of quaternary nitrogens is 1. The van der Waals surface area contributed by atoms with Crippen LogP contribution in [0.25, 0.3) is 0 Å². The minimum absolute atomic E-state index is 0.450. The van der Waals surface area contributed by atoms with Crippen molar-refractivity contribution in [2.75, 3.05) is 26.2 Å². The standard InChI is InChI=1S/C13H18F2O5S.C6H15N/c14-13(15,21(17,18)19)7-20-11(16)12-4-8-1-9(5-12)3-10(2-8)6-12;1-4-7(5-2)6-3/h8-10H,1-7H2,(H,17,18,19);4-6H2,1-3H3/p+1. The monoisotopic (exact) mass is 426 g/mol. The number of carbonyl (C=O) groups is 1. The van der Waals surface area contributed by atoms with E-state index in [0.717, 1.165) is 19.3 Å². The molecule has 4 fully saturated rings.